The van der Waals surface area contributed by atoms with Gasteiger partial charge in [-0.25, -0.2) is 9.18 Å². The molecule has 0 bridgehead atoms. The summed E-state index contributed by atoms with van der Waals surface area (Å²) in [7, 11) is 1.42. The first-order valence-electron chi connectivity index (χ1n) is 5.02. The molecule has 0 saturated heterocycles. The average molecular weight is 242 g/mol. The second-order valence-corrected chi connectivity index (χ2v) is 4.54. The van der Waals surface area contributed by atoms with Crippen molar-refractivity contribution in [1.29, 1.82) is 0 Å². The minimum absolute atomic E-state index is 0.0529. The van der Waals surface area contributed by atoms with Gasteiger partial charge in [-0.05, 0) is 26.8 Å². The molecule has 0 aromatic rings. The van der Waals surface area contributed by atoms with Gasteiger partial charge in [-0.15, -0.1) is 0 Å². The molecule has 5 heteroatoms. The molecule has 17 heavy (non-hydrogen) atoms. The van der Waals surface area contributed by atoms with Gasteiger partial charge in [0.25, 0.3) is 0 Å². The van der Waals surface area contributed by atoms with Gasteiger partial charge in [0.15, 0.2) is 0 Å². The fraction of sp³-hybridized carbons (Fsp3) is 0.417. The first kappa shape index (κ1) is 15.2. The van der Waals surface area contributed by atoms with Crippen LogP contribution in [0.3, 0.4) is 0 Å². The first-order chi connectivity index (χ1) is 7.54. The highest BCUT2D eigenvalue weighted by Gasteiger charge is 2.22. The van der Waals surface area contributed by atoms with E-state index in [1.165, 1.54) is 7.05 Å². The van der Waals surface area contributed by atoms with E-state index in [0.717, 1.165) is 11.0 Å². The standard InChI is InChI=1S/C12H19FN2O2/c1-8(13)7-10(9(2)14)15(6)11(16)17-12(3,4)5/h7H,1-2,14H2,3-6H3/b10-7+. The van der Waals surface area contributed by atoms with E-state index in [4.69, 9.17) is 10.5 Å². The van der Waals surface area contributed by atoms with Crippen molar-refractivity contribution in [3.8, 4) is 0 Å². The average Bonchev–Trinajstić information content (AvgIpc) is 2.09. The molecule has 0 aliphatic carbocycles. The number of allylic oxidation sites excluding steroid dienone is 2. The van der Waals surface area contributed by atoms with Crippen molar-refractivity contribution in [1.82, 2.24) is 4.90 Å². The second-order valence-electron chi connectivity index (χ2n) is 4.54. The molecule has 0 rings (SSSR count). The fourth-order valence-corrected chi connectivity index (χ4v) is 0.982. The molecule has 0 unspecified atom stereocenters. The molecule has 2 N–H and O–H groups in total. The van der Waals surface area contributed by atoms with E-state index in [0.29, 0.717) is 0 Å². The highest BCUT2D eigenvalue weighted by molar-refractivity contribution is 5.71. The van der Waals surface area contributed by atoms with Crippen LogP contribution >= 0.6 is 0 Å². The third-order valence-corrected chi connectivity index (χ3v) is 1.65. The molecule has 1 amide bonds. The summed E-state index contributed by atoms with van der Waals surface area (Å²) in [6, 6.07) is 0. The van der Waals surface area contributed by atoms with Crippen LogP contribution in [0.1, 0.15) is 20.8 Å². The normalized spacial score (nSPS) is 11.9. The number of halogens is 1. The van der Waals surface area contributed by atoms with Gasteiger partial charge in [0.05, 0.1) is 5.70 Å². The van der Waals surface area contributed by atoms with Crippen LogP contribution in [0.2, 0.25) is 0 Å². The third kappa shape index (κ3) is 5.75. The number of carbonyl (C=O) groups excluding carboxylic acids is 1. The van der Waals surface area contributed by atoms with Crippen LogP contribution in [0.15, 0.2) is 36.5 Å². The van der Waals surface area contributed by atoms with Gasteiger partial charge < -0.3 is 10.5 Å². The van der Waals surface area contributed by atoms with Gasteiger partial charge in [-0.2, -0.15) is 0 Å². The molecule has 96 valence electrons. The molecule has 0 saturated carbocycles. The van der Waals surface area contributed by atoms with E-state index in [1.54, 1.807) is 20.8 Å². The van der Waals surface area contributed by atoms with Crippen LogP contribution < -0.4 is 5.73 Å². The number of carbonyl (C=O) groups is 1. The molecule has 0 aromatic heterocycles. The van der Waals surface area contributed by atoms with Crippen molar-refractivity contribution in [3.05, 3.63) is 36.5 Å². The molecule has 4 nitrogen and oxygen atoms in total. The van der Waals surface area contributed by atoms with Crippen molar-refractivity contribution < 1.29 is 13.9 Å². The van der Waals surface area contributed by atoms with Gasteiger partial charge in [-0.3, -0.25) is 4.90 Å². The van der Waals surface area contributed by atoms with Gasteiger partial charge in [-0.1, -0.05) is 13.2 Å². The Kier molecular flexibility index (Phi) is 4.94. The first-order valence-corrected chi connectivity index (χ1v) is 5.02. The van der Waals surface area contributed by atoms with E-state index >= 15 is 0 Å². The highest BCUT2D eigenvalue weighted by atomic mass is 19.1. The van der Waals surface area contributed by atoms with E-state index in [9.17, 15) is 9.18 Å². The summed E-state index contributed by atoms with van der Waals surface area (Å²) >= 11 is 0. The van der Waals surface area contributed by atoms with E-state index in [-0.39, 0.29) is 11.4 Å². The predicted molar refractivity (Wildman–Crippen MR) is 65.7 cm³/mol. The van der Waals surface area contributed by atoms with Crippen LogP contribution in [0.5, 0.6) is 0 Å². The molecule has 0 spiro atoms. The van der Waals surface area contributed by atoms with Gasteiger partial charge in [0, 0.05) is 12.7 Å². The molecule has 0 fully saturated rings. The number of likely N-dealkylation sites (N-methyl/N-ethyl adjacent to an activating group) is 1. The molecule has 0 aliphatic heterocycles. The summed E-state index contributed by atoms with van der Waals surface area (Å²) in [5.74, 6) is -0.720. The summed E-state index contributed by atoms with van der Waals surface area (Å²) in [6.07, 6.45) is 0.378. The zero-order valence-electron chi connectivity index (χ0n) is 10.7. The quantitative estimate of drug-likeness (QED) is 0.774. The molecular formula is C12H19FN2O2. The Hall–Kier alpha value is -1.78. The Morgan fingerprint density at radius 2 is 1.88 bits per heavy atom. The number of nitrogens with two attached hydrogens (primary N) is 1. The maximum atomic E-state index is 12.7. The highest BCUT2D eigenvalue weighted by Crippen LogP contribution is 2.16. The maximum Gasteiger partial charge on any atom is 0.414 e. The molecule has 0 atom stereocenters. The topological polar surface area (TPSA) is 55.6 Å². The summed E-state index contributed by atoms with van der Waals surface area (Å²) in [5.41, 5.74) is 5.00. The van der Waals surface area contributed by atoms with Gasteiger partial charge in [0.1, 0.15) is 11.4 Å². The summed E-state index contributed by atoms with van der Waals surface area (Å²) < 4.78 is 17.8. The van der Waals surface area contributed by atoms with Crippen molar-refractivity contribution in [3.63, 3.8) is 0 Å². The monoisotopic (exact) mass is 242 g/mol. The van der Waals surface area contributed by atoms with Crippen molar-refractivity contribution in [2.24, 2.45) is 5.73 Å². The minimum Gasteiger partial charge on any atom is -0.443 e. The van der Waals surface area contributed by atoms with Crippen molar-refractivity contribution in [2.75, 3.05) is 7.05 Å². The SMILES string of the molecule is C=C(F)/C=C(\C(=C)N)N(C)C(=O)OC(C)(C)C. The fourth-order valence-electron chi connectivity index (χ4n) is 0.982. The molecule has 0 heterocycles. The number of ether oxygens (including phenoxy) is 1. The smallest absolute Gasteiger partial charge is 0.414 e. The summed E-state index contributed by atoms with van der Waals surface area (Å²) in [5, 5.41) is 0. The van der Waals surface area contributed by atoms with Crippen LogP contribution in [-0.2, 0) is 4.74 Å². The molecular weight excluding hydrogens is 223 g/mol. The largest absolute Gasteiger partial charge is 0.443 e. The lowest BCUT2D eigenvalue weighted by Gasteiger charge is -2.26. The van der Waals surface area contributed by atoms with Crippen LogP contribution in [0.25, 0.3) is 0 Å². The summed E-state index contributed by atoms with van der Waals surface area (Å²) in [4.78, 5) is 12.8. The third-order valence-electron chi connectivity index (χ3n) is 1.65. The Balaban J connectivity index is 4.99. The minimum atomic E-state index is -0.720. The maximum absolute atomic E-state index is 12.7. The molecule has 0 aromatic carbocycles. The van der Waals surface area contributed by atoms with Gasteiger partial charge >= 0.3 is 6.09 Å². The summed E-state index contributed by atoms with van der Waals surface area (Å²) in [6.45, 7) is 11.7. The zero-order chi connectivity index (χ0) is 13.8. The van der Waals surface area contributed by atoms with E-state index < -0.39 is 17.5 Å². The van der Waals surface area contributed by atoms with E-state index in [2.05, 4.69) is 13.2 Å². The van der Waals surface area contributed by atoms with Crippen molar-refractivity contribution >= 4 is 6.09 Å². The predicted octanol–water partition coefficient (Wildman–Crippen LogP) is 2.69. The number of rotatable bonds is 3. The van der Waals surface area contributed by atoms with Gasteiger partial charge in [0.2, 0.25) is 0 Å². The Labute approximate surface area is 101 Å². The lowest BCUT2D eigenvalue weighted by molar-refractivity contribution is 0.0356. The van der Waals surface area contributed by atoms with E-state index in [1.807, 2.05) is 0 Å². The Morgan fingerprint density at radius 1 is 1.41 bits per heavy atom. The zero-order valence-corrected chi connectivity index (χ0v) is 10.7. The number of amides is 1. The number of nitrogens with zero attached hydrogens (tertiary/aromatic N) is 1. The number of hydrogen-bond acceptors (Lipinski definition) is 3. The van der Waals surface area contributed by atoms with Crippen molar-refractivity contribution in [2.45, 2.75) is 26.4 Å². The lowest BCUT2D eigenvalue weighted by Crippen LogP contribution is -2.35. The molecule has 0 radical (unpaired) electrons. The second kappa shape index (κ2) is 5.52. The van der Waals surface area contributed by atoms with Crippen LogP contribution in [0.4, 0.5) is 9.18 Å². The lowest BCUT2D eigenvalue weighted by atomic mass is 10.2. The Bertz CT molecular complexity index is 367. The van der Waals surface area contributed by atoms with Crippen LogP contribution in [0, 0.1) is 0 Å². The molecule has 0 aliphatic rings. The van der Waals surface area contributed by atoms with Crippen LogP contribution in [-0.4, -0.2) is 23.6 Å². The Morgan fingerprint density at radius 3 is 2.18 bits per heavy atom. The number of hydrogen-bond donors (Lipinski definition) is 1.